The number of rotatable bonds is 4. The van der Waals surface area contributed by atoms with Crippen LogP contribution in [0.4, 0.5) is 16.2 Å². The lowest BCUT2D eigenvalue weighted by atomic mass is 10.1. The zero-order chi connectivity index (χ0) is 22.3. The van der Waals surface area contributed by atoms with E-state index in [-0.39, 0.29) is 11.9 Å². The molecule has 2 fully saturated rings. The summed E-state index contributed by atoms with van der Waals surface area (Å²) < 4.78 is 5.22. The number of para-hydroxylation sites is 2. The molecule has 2 heterocycles. The van der Waals surface area contributed by atoms with Crippen molar-refractivity contribution in [1.82, 2.24) is 9.80 Å². The molecule has 4 rings (SSSR count). The number of anilines is 2. The van der Waals surface area contributed by atoms with Gasteiger partial charge < -0.3 is 24.8 Å². The summed E-state index contributed by atoms with van der Waals surface area (Å²) in [7, 11) is 1.59. The van der Waals surface area contributed by atoms with E-state index in [1.54, 1.807) is 29.0 Å². The number of nitrogens with one attached hydrogen (secondary N) is 1. The maximum Gasteiger partial charge on any atom is 0.322 e. The summed E-state index contributed by atoms with van der Waals surface area (Å²) in [5.74, 6) is 0.632. The molecule has 0 aliphatic carbocycles. The van der Waals surface area contributed by atoms with Crippen LogP contribution in [0, 0.1) is 0 Å². The number of piperazine rings is 1. The van der Waals surface area contributed by atoms with Gasteiger partial charge in [-0.15, -0.1) is 0 Å². The summed E-state index contributed by atoms with van der Waals surface area (Å²) in [5.41, 5.74) is 2.55. The molecule has 0 spiro atoms. The maximum absolute atomic E-state index is 13.0. The lowest BCUT2D eigenvalue weighted by Crippen LogP contribution is -2.51. The molecule has 0 atom stereocenters. The third kappa shape index (κ3) is 5.15. The molecular weight excluding hydrogens is 404 g/mol. The summed E-state index contributed by atoms with van der Waals surface area (Å²) in [6.45, 7) is 4.09. The van der Waals surface area contributed by atoms with E-state index in [0.29, 0.717) is 37.5 Å². The first-order valence-electron chi connectivity index (χ1n) is 11.5. The third-order valence-electron chi connectivity index (χ3n) is 6.26. The van der Waals surface area contributed by atoms with E-state index in [4.69, 9.17) is 4.74 Å². The second-order valence-electron chi connectivity index (χ2n) is 8.36. The van der Waals surface area contributed by atoms with Gasteiger partial charge in [0, 0.05) is 44.8 Å². The average molecular weight is 437 g/mol. The summed E-state index contributed by atoms with van der Waals surface area (Å²) in [5, 5.41) is 3.11. The topological polar surface area (TPSA) is 65.1 Å². The lowest BCUT2D eigenvalue weighted by molar-refractivity contribution is 0.0671. The number of hydrogen-bond donors (Lipinski definition) is 1. The molecule has 170 valence electrons. The highest BCUT2D eigenvalue weighted by atomic mass is 16.5. The zero-order valence-corrected chi connectivity index (χ0v) is 18.8. The molecular formula is C25H32N4O3. The molecule has 0 saturated carbocycles. The Morgan fingerprint density at radius 2 is 1.50 bits per heavy atom. The second kappa shape index (κ2) is 10.4. The van der Waals surface area contributed by atoms with Gasteiger partial charge in [-0.05, 0) is 43.2 Å². The molecule has 1 N–H and O–H groups in total. The Hall–Kier alpha value is -3.22. The Balaban J connectivity index is 1.35. The number of benzene rings is 2. The molecule has 2 saturated heterocycles. The molecule has 0 unspecified atom stereocenters. The molecule has 2 aliphatic heterocycles. The smallest absolute Gasteiger partial charge is 0.322 e. The Labute approximate surface area is 189 Å². The minimum Gasteiger partial charge on any atom is -0.497 e. The number of amides is 3. The van der Waals surface area contributed by atoms with Gasteiger partial charge in [0.05, 0.1) is 18.5 Å². The van der Waals surface area contributed by atoms with Crippen molar-refractivity contribution in [2.24, 2.45) is 0 Å². The van der Waals surface area contributed by atoms with Gasteiger partial charge in [0.2, 0.25) is 0 Å². The van der Waals surface area contributed by atoms with E-state index in [1.807, 2.05) is 30.3 Å². The van der Waals surface area contributed by atoms with E-state index in [0.717, 1.165) is 24.5 Å². The SMILES string of the molecule is COc1cccc(C(=O)N2CCN(C(=O)Nc3ccccc3N3CCCCCC3)CC2)c1. The summed E-state index contributed by atoms with van der Waals surface area (Å²) in [6, 6.07) is 15.1. The van der Waals surface area contributed by atoms with E-state index in [2.05, 4.69) is 16.3 Å². The van der Waals surface area contributed by atoms with Crippen molar-refractivity contribution in [3.8, 4) is 5.75 Å². The average Bonchev–Trinajstić information content (AvgIpc) is 3.13. The van der Waals surface area contributed by atoms with E-state index in [9.17, 15) is 9.59 Å². The normalized spacial score (nSPS) is 17.0. The summed E-state index contributed by atoms with van der Waals surface area (Å²) in [6.07, 6.45) is 4.91. The number of ether oxygens (including phenoxy) is 1. The van der Waals surface area contributed by atoms with Crippen molar-refractivity contribution < 1.29 is 14.3 Å². The van der Waals surface area contributed by atoms with Gasteiger partial charge in [0.15, 0.2) is 0 Å². The molecule has 2 aliphatic rings. The lowest BCUT2D eigenvalue weighted by Gasteiger charge is -2.35. The van der Waals surface area contributed by atoms with Crippen LogP contribution in [0.1, 0.15) is 36.0 Å². The van der Waals surface area contributed by atoms with E-state index < -0.39 is 0 Å². The van der Waals surface area contributed by atoms with Crippen LogP contribution in [0.3, 0.4) is 0 Å². The molecule has 0 bridgehead atoms. The van der Waals surface area contributed by atoms with Crippen molar-refractivity contribution in [2.75, 3.05) is 56.6 Å². The monoisotopic (exact) mass is 436 g/mol. The van der Waals surface area contributed by atoms with Gasteiger partial charge in [-0.3, -0.25) is 4.79 Å². The highest BCUT2D eigenvalue weighted by Crippen LogP contribution is 2.28. The Bertz CT molecular complexity index is 932. The van der Waals surface area contributed by atoms with Crippen molar-refractivity contribution in [1.29, 1.82) is 0 Å². The van der Waals surface area contributed by atoms with Crippen LogP contribution in [0.2, 0.25) is 0 Å². The molecule has 7 nitrogen and oxygen atoms in total. The zero-order valence-electron chi connectivity index (χ0n) is 18.8. The van der Waals surface area contributed by atoms with Gasteiger partial charge in [-0.1, -0.05) is 31.0 Å². The first-order valence-corrected chi connectivity index (χ1v) is 11.5. The molecule has 7 heteroatoms. The number of carbonyl (C=O) groups is 2. The molecule has 2 aromatic rings. The number of carbonyl (C=O) groups excluding carboxylic acids is 2. The van der Waals surface area contributed by atoms with Crippen LogP contribution in [0.5, 0.6) is 5.75 Å². The quantitative estimate of drug-likeness (QED) is 0.785. The van der Waals surface area contributed by atoms with Gasteiger partial charge in [0.25, 0.3) is 5.91 Å². The molecule has 0 aromatic heterocycles. The minimum absolute atomic E-state index is 0.0320. The predicted octanol–water partition coefficient (Wildman–Crippen LogP) is 4.07. The predicted molar refractivity (Wildman–Crippen MR) is 127 cm³/mol. The number of hydrogen-bond acceptors (Lipinski definition) is 4. The second-order valence-corrected chi connectivity index (χ2v) is 8.36. The van der Waals surface area contributed by atoms with Crippen molar-refractivity contribution in [3.63, 3.8) is 0 Å². The largest absolute Gasteiger partial charge is 0.497 e. The van der Waals surface area contributed by atoms with Crippen molar-refractivity contribution in [2.45, 2.75) is 25.7 Å². The van der Waals surface area contributed by atoms with Gasteiger partial charge >= 0.3 is 6.03 Å². The maximum atomic E-state index is 13.0. The number of urea groups is 1. The van der Waals surface area contributed by atoms with Crippen molar-refractivity contribution in [3.05, 3.63) is 54.1 Å². The van der Waals surface area contributed by atoms with Crippen LogP contribution in [0.25, 0.3) is 0 Å². The number of nitrogens with zero attached hydrogens (tertiary/aromatic N) is 3. The Morgan fingerprint density at radius 1 is 0.812 bits per heavy atom. The first-order chi connectivity index (χ1) is 15.7. The number of methoxy groups -OCH3 is 1. The molecule has 2 aromatic carbocycles. The fraction of sp³-hybridized carbons (Fsp3) is 0.440. The Morgan fingerprint density at radius 3 is 2.22 bits per heavy atom. The fourth-order valence-electron chi connectivity index (χ4n) is 4.41. The molecule has 3 amide bonds. The first kappa shape index (κ1) is 22.0. The third-order valence-corrected chi connectivity index (χ3v) is 6.26. The van der Waals surface area contributed by atoms with Gasteiger partial charge in [0.1, 0.15) is 5.75 Å². The summed E-state index contributed by atoms with van der Waals surface area (Å²) >= 11 is 0. The van der Waals surface area contributed by atoms with Gasteiger partial charge in [-0.25, -0.2) is 4.79 Å². The molecule has 0 radical (unpaired) electrons. The highest BCUT2D eigenvalue weighted by molar-refractivity contribution is 5.95. The molecule has 32 heavy (non-hydrogen) atoms. The van der Waals surface area contributed by atoms with Crippen LogP contribution in [-0.2, 0) is 0 Å². The van der Waals surface area contributed by atoms with E-state index >= 15 is 0 Å². The highest BCUT2D eigenvalue weighted by Gasteiger charge is 2.26. The van der Waals surface area contributed by atoms with Crippen LogP contribution < -0.4 is 15.0 Å². The van der Waals surface area contributed by atoms with Gasteiger partial charge in [-0.2, -0.15) is 0 Å². The Kier molecular flexibility index (Phi) is 7.14. The van der Waals surface area contributed by atoms with E-state index in [1.165, 1.54) is 25.7 Å². The fourth-order valence-corrected chi connectivity index (χ4v) is 4.41. The minimum atomic E-state index is -0.110. The summed E-state index contributed by atoms with van der Waals surface area (Å²) in [4.78, 5) is 31.8. The van der Waals surface area contributed by atoms with Crippen molar-refractivity contribution >= 4 is 23.3 Å². The van der Waals surface area contributed by atoms with Crippen LogP contribution in [-0.4, -0.2) is 68.1 Å². The van der Waals surface area contributed by atoms with Crippen LogP contribution >= 0.6 is 0 Å². The van der Waals surface area contributed by atoms with Crippen LogP contribution in [0.15, 0.2) is 48.5 Å². The standard InChI is InChI=1S/C25H32N4O3/c1-32-21-10-8-9-20(19-21)24(30)28-15-17-29(18-16-28)25(31)26-22-11-4-5-12-23(22)27-13-6-2-3-7-14-27/h4-5,8-12,19H,2-3,6-7,13-18H2,1H3,(H,26,31).